The number of nitrogens with zero attached hydrogens (tertiary/aromatic N) is 1. The monoisotopic (exact) mass is 539 g/mol. The number of aliphatic imine (C=N–C) groups is 1. The van der Waals surface area contributed by atoms with E-state index in [1.54, 1.807) is 0 Å². The molecule has 0 aromatic heterocycles. The normalized spacial score (nSPS) is 17.6. The lowest BCUT2D eigenvalue weighted by Crippen LogP contribution is -2.43. The Morgan fingerprint density at radius 1 is 1.25 bits per heavy atom. The summed E-state index contributed by atoms with van der Waals surface area (Å²) in [5, 5.41) is 6.66. The quantitative estimate of drug-likeness (QED) is 0.281. The summed E-state index contributed by atoms with van der Waals surface area (Å²) in [6.07, 6.45) is 6.73. The van der Waals surface area contributed by atoms with Crippen LogP contribution in [0, 0.1) is 0 Å². The predicted molar refractivity (Wildman–Crippen MR) is 132 cm³/mol. The molecule has 5 nitrogen and oxygen atoms in total. The van der Waals surface area contributed by atoms with Gasteiger partial charge in [0.2, 0.25) is 0 Å². The van der Waals surface area contributed by atoms with Crippen molar-refractivity contribution in [2.24, 2.45) is 4.99 Å². The molecule has 2 N–H and O–H groups in total. The summed E-state index contributed by atoms with van der Waals surface area (Å²) in [5.74, 6) is 0.965. The Labute approximate surface area is 191 Å². The number of hydrogen-bond acceptors (Lipinski definition) is 4. The zero-order valence-corrected chi connectivity index (χ0v) is 21.1. The summed E-state index contributed by atoms with van der Waals surface area (Å²) in [4.78, 5) is 6.17. The van der Waals surface area contributed by atoms with Gasteiger partial charge in [-0.2, -0.15) is 0 Å². The Kier molecular flexibility index (Phi) is 11.2. The molecule has 1 atom stereocenters. The van der Waals surface area contributed by atoms with Gasteiger partial charge in [-0.3, -0.25) is 4.99 Å². The third-order valence-electron chi connectivity index (χ3n) is 4.77. The van der Waals surface area contributed by atoms with Crippen LogP contribution in [0.4, 0.5) is 0 Å². The molecular formula is C20H34IN3O2S2. The van der Waals surface area contributed by atoms with Crippen LogP contribution in [0.25, 0.3) is 0 Å². The smallest absolute Gasteiger partial charge is 0.191 e. The van der Waals surface area contributed by atoms with Gasteiger partial charge in [0.15, 0.2) is 5.96 Å². The van der Waals surface area contributed by atoms with E-state index in [-0.39, 0.29) is 40.5 Å². The van der Waals surface area contributed by atoms with E-state index >= 15 is 0 Å². The number of nitrogens with one attached hydrogen (secondary N) is 2. The van der Waals surface area contributed by atoms with Crippen LogP contribution in [0.3, 0.4) is 0 Å². The van der Waals surface area contributed by atoms with Crippen LogP contribution in [0.5, 0.6) is 0 Å². The minimum atomic E-state index is -2.94. The first-order valence-electron chi connectivity index (χ1n) is 9.78. The highest BCUT2D eigenvalue weighted by atomic mass is 127. The van der Waals surface area contributed by atoms with E-state index in [9.17, 15) is 8.42 Å². The second-order valence-corrected chi connectivity index (χ2v) is 11.3. The highest BCUT2D eigenvalue weighted by molar-refractivity contribution is 14.0. The molecule has 1 aliphatic carbocycles. The fraction of sp³-hybridized carbons (Fsp3) is 0.650. The third-order valence-corrected chi connectivity index (χ3v) is 7.22. The highest BCUT2D eigenvalue weighted by Gasteiger charge is 2.35. The second-order valence-electron chi connectivity index (χ2n) is 7.46. The van der Waals surface area contributed by atoms with E-state index in [1.165, 1.54) is 36.8 Å². The second kappa shape index (κ2) is 12.3. The van der Waals surface area contributed by atoms with Crippen LogP contribution >= 0.6 is 35.7 Å². The van der Waals surface area contributed by atoms with Gasteiger partial charge in [-0.1, -0.05) is 31.0 Å². The Hall–Kier alpha value is -0.480. The zero-order chi connectivity index (χ0) is 19.8. The summed E-state index contributed by atoms with van der Waals surface area (Å²) in [6, 6.07) is 10.6. The first-order valence-corrected chi connectivity index (χ1v) is 12.7. The van der Waals surface area contributed by atoms with Crippen molar-refractivity contribution in [3.63, 3.8) is 0 Å². The summed E-state index contributed by atoms with van der Waals surface area (Å²) < 4.78 is 22.9. The fourth-order valence-corrected chi connectivity index (χ4v) is 5.49. The van der Waals surface area contributed by atoms with Crippen molar-refractivity contribution in [1.29, 1.82) is 0 Å². The number of hydrogen-bond donors (Lipinski definition) is 2. The third kappa shape index (κ3) is 9.35. The summed E-state index contributed by atoms with van der Waals surface area (Å²) in [7, 11) is -2.94. The molecule has 1 unspecified atom stereocenters. The van der Waals surface area contributed by atoms with Crippen LogP contribution in [0.1, 0.15) is 46.0 Å². The average molecular weight is 540 g/mol. The van der Waals surface area contributed by atoms with Gasteiger partial charge < -0.3 is 10.6 Å². The van der Waals surface area contributed by atoms with Crippen molar-refractivity contribution in [3.05, 3.63) is 30.3 Å². The SMILES string of the molecule is CCNC(=NCC1(Sc2ccccc2)CCCC1)NC(C)CCS(C)(=O)=O.I. The van der Waals surface area contributed by atoms with E-state index in [1.807, 2.05) is 25.6 Å². The molecule has 1 aromatic carbocycles. The molecular weight excluding hydrogens is 505 g/mol. The van der Waals surface area contributed by atoms with Gasteiger partial charge >= 0.3 is 0 Å². The summed E-state index contributed by atoms with van der Waals surface area (Å²) >= 11 is 1.95. The molecule has 1 fully saturated rings. The van der Waals surface area contributed by atoms with Gasteiger partial charge in [-0.05, 0) is 45.2 Å². The van der Waals surface area contributed by atoms with Gasteiger partial charge in [0.1, 0.15) is 9.84 Å². The largest absolute Gasteiger partial charge is 0.357 e. The molecule has 2 rings (SSSR count). The lowest BCUT2D eigenvalue weighted by Gasteiger charge is -2.27. The Morgan fingerprint density at radius 3 is 2.46 bits per heavy atom. The van der Waals surface area contributed by atoms with Gasteiger partial charge in [-0.15, -0.1) is 35.7 Å². The van der Waals surface area contributed by atoms with Crippen LogP contribution < -0.4 is 10.6 Å². The predicted octanol–water partition coefficient (Wildman–Crippen LogP) is 4.09. The number of thioether (sulfide) groups is 1. The van der Waals surface area contributed by atoms with Crippen molar-refractivity contribution < 1.29 is 8.42 Å². The molecule has 0 saturated heterocycles. The zero-order valence-electron chi connectivity index (χ0n) is 17.1. The van der Waals surface area contributed by atoms with Gasteiger partial charge in [0, 0.05) is 28.5 Å². The van der Waals surface area contributed by atoms with E-state index in [2.05, 4.69) is 41.0 Å². The standard InChI is InChI=1S/C20H33N3O2S2.HI/c1-4-21-19(23-17(2)12-15-27(3,24)25)22-16-20(13-8-9-14-20)26-18-10-6-5-7-11-18;/h5-7,10-11,17H,4,8-9,12-16H2,1-3H3,(H2,21,22,23);1H. The Bertz CT molecular complexity index is 705. The molecule has 0 bridgehead atoms. The number of benzene rings is 1. The Balaban J connectivity index is 0.00000392. The minimum absolute atomic E-state index is 0. The molecule has 0 aliphatic heterocycles. The molecule has 1 saturated carbocycles. The van der Waals surface area contributed by atoms with Crippen LogP contribution in [-0.4, -0.2) is 50.3 Å². The molecule has 0 heterocycles. The van der Waals surface area contributed by atoms with Gasteiger partial charge in [0.25, 0.3) is 0 Å². The minimum Gasteiger partial charge on any atom is -0.357 e. The lowest BCUT2D eigenvalue weighted by atomic mass is 10.1. The first kappa shape index (κ1) is 25.6. The topological polar surface area (TPSA) is 70.6 Å². The maximum atomic E-state index is 11.4. The van der Waals surface area contributed by atoms with Gasteiger partial charge in [-0.25, -0.2) is 8.42 Å². The maximum absolute atomic E-state index is 11.4. The molecule has 0 amide bonds. The Morgan fingerprint density at radius 2 is 1.89 bits per heavy atom. The van der Waals surface area contributed by atoms with Gasteiger partial charge in [0.05, 0.1) is 12.3 Å². The first-order chi connectivity index (χ1) is 12.8. The average Bonchev–Trinajstić information content (AvgIpc) is 3.07. The summed E-state index contributed by atoms with van der Waals surface area (Å²) in [6.45, 7) is 5.59. The van der Waals surface area contributed by atoms with Crippen molar-refractivity contribution in [2.75, 3.05) is 25.1 Å². The molecule has 0 radical (unpaired) electrons. The van der Waals surface area contributed by atoms with E-state index in [0.717, 1.165) is 19.0 Å². The maximum Gasteiger partial charge on any atom is 0.191 e. The van der Waals surface area contributed by atoms with Crippen LogP contribution in [0.15, 0.2) is 40.2 Å². The molecule has 160 valence electrons. The molecule has 0 spiro atoms. The number of rotatable bonds is 9. The molecule has 1 aliphatic rings. The number of halogens is 1. The van der Waals surface area contributed by atoms with Crippen molar-refractivity contribution >= 4 is 51.5 Å². The van der Waals surface area contributed by atoms with E-state index < -0.39 is 9.84 Å². The summed E-state index contributed by atoms with van der Waals surface area (Å²) in [5.41, 5.74) is 0. The fourth-order valence-electron chi connectivity index (χ4n) is 3.29. The van der Waals surface area contributed by atoms with Crippen molar-refractivity contribution in [2.45, 2.75) is 61.6 Å². The lowest BCUT2D eigenvalue weighted by molar-refractivity contribution is 0.577. The number of guanidine groups is 1. The molecule has 8 heteroatoms. The van der Waals surface area contributed by atoms with Crippen molar-refractivity contribution in [1.82, 2.24) is 10.6 Å². The highest BCUT2D eigenvalue weighted by Crippen LogP contribution is 2.45. The van der Waals surface area contributed by atoms with E-state index in [0.29, 0.717) is 6.42 Å². The van der Waals surface area contributed by atoms with Crippen LogP contribution in [0.2, 0.25) is 0 Å². The number of sulfone groups is 1. The van der Waals surface area contributed by atoms with Crippen LogP contribution in [-0.2, 0) is 9.84 Å². The molecule has 1 aromatic rings. The van der Waals surface area contributed by atoms with E-state index in [4.69, 9.17) is 4.99 Å². The van der Waals surface area contributed by atoms with Crippen molar-refractivity contribution in [3.8, 4) is 0 Å². The molecule has 28 heavy (non-hydrogen) atoms.